The number of ether oxygens (including phenoxy) is 2. The van der Waals surface area contributed by atoms with Crippen molar-refractivity contribution in [3.05, 3.63) is 49.1 Å². The molecule has 9 heteroatoms. The fourth-order valence-corrected chi connectivity index (χ4v) is 3.54. The molecule has 3 heterocycles. The first kappa shape index (κ1) is 22.2. The van der Waals surface area contributed by atoms with Gasteiger partial charge in [-0.3, -0.25) is 4.57 Å². The first-order valence-corrected chi connectivity index (χ1v) is 8.76. The van der Waals surface area contributed by atoms with Crippen LogP contribution in [0.4, 0.5) is 0 Å². The summed E-state index contributed by atoms with van der Waals surface area (Å²) in [4.78, 5) is 9.17. The monoisotopic (exact) mass is 425 g/mol. The van der Waals surface area contributed by atoms with Crippen LogP contribution in [0.5, 0.6) is 5.75 Å². The summed E-state index contributed by atoms with van der Waals surface area (Å²) in [6.45, 7) is 1.82. The van der Waals surface area contributed by atoms with Gasteiger partial charge in [-0.25, -0.2) is 9.97 Å². The van der Waals surface area contributed by atoms with E-state index >= 15 is 0 Å². The minimum absolute atomic E-state index is 0. The fourth-order valence-electron chi connectivity index (χ4n) is 3.54. The Morgan fingerprint density at radius 1 is 1.00 bits per heavy atom. The van der Waals surface area contributed by atoms with Crippen molar-refractivity contribution in [2.75, 3.05) is 27.3 Å². The average Bonchev–Trinajstić information content (AvgIpc) is 3.37. The number of piperidine rings is 1. The Bertz CT molecular complexity index is 865. The summed E-state index contributed by atoms with van der Waals surface area (Å²) in [5, 5.41) is 3.45. The Balaban J connectivity index is 0.00000140. The van der Waals surface area contributed by atoms with Gasteiger partial charge < -0.3 is 19.4 Å². The minimum atomic E-state index is 0. The second-order valence-electron chi connectivity index (χ2n) is 6.31. The van der Waals surface area contributed by atoms with E-state index in [4.69, 9.17) is 9.47 Å². The Morgan fingerprint density at radius 3 is 2.43 bits per heavy atom. The molecule has 1 N–H and O–H groups in total. The lowest BCUT2D eigenvalue weighted by Crippen LogP contribution is -2.42. The Labute approximate surface area is 176 Å². The molecule has 0 unspecified atom stereocenters. The van der Waals surface area contributed by atoms with E-state index in [0.717, 1.165) is 42.6 Å². The number of methoxy groups -OCH3 is 2. The van der Waals surface area contributed by atoms with Crippen molar-refractivity contribution in [1.29, 1.82) is 0 Å². The first-order chi connectivity index (χ1) is 12.8. The highest BCUT2D eigenvalue weighted by atomic mass is 35.5. The third-order valence-corrected chi connectivity index (χ3v) is 4.91. The number of nitrogens with zero attached hydrogens (tertiary/aromatic N) is 4. The van der Waals surface area contributed by atoms with Crippen LogP contribution in [0.3, 0.4) is 0 Å². The molecule has 0 bridgehead atoms. The van der Waals surface area contributed by atoms with Crippen LogP contribution >= 0.6 is 24.8 Å². The lowest BCUT2D eigenvalue weighted by atomic mass is 10.0. The van der Waals surface area contributed by atoms with E-state index in [2.05, 4.69) is 19.9 Å². The van der Waals surface area contributed by atoms with Crippen LogP contribution in [0.1, 0.15) is 12.5 Å². The van der Waals surface area contributed by atoms with Gasteiger partial charge in [-0.2, -0.15) is 0 Å². The fraction of sp³-hybridized carbons (Fsp3) is 0.368. The molecular formula is C19H25Cl2N5O2. The number of aromatic nitrogens is 4. The summed E-state index contributed by atoms with van der Waals surface area (Å²) < 4.78 is 15.2. The Morgan fingerprint density at radius 2 is 1.71 bits per heavy atom. The molecule has 2 aromatic heterocycles. The molecule has 152 valence electrons. The SMILES string of the molecule is COc1ccc(-n2ccnc2-c2nccn2[C@@H]2CNCC[C@@H]2OC)cc1.Cl.Cl. The summed E-state index contributed by atoms with van der Waals surface area (Å²) in [7, 11) is 3.44. The third kappa shape index (κ3) is 4.17. The molecule has 1 aliphatic heterocycles. The van der Waals surface area contributed by atoms with Crippen LogP contribution in [-0.4, -0.2) is 52.5 Å². The Kier molecular flexibility index (Phi) is 7.88. The lowest BCUT2D eigenvalue weighted by molar-refractivity contribution is 0.0364. The number of nitrogens with one attached hydrogen (secondary N) is 1. The van der Waals surface area contributed by atoms with Gasteiger partial charge in [-0.05, 0) is 37.2 Å². The van der Waals surface area contributed by atoms with Crippen LogP contribution in [0.15, 0.2) is 49.1 Å². The first-order valence-electron chi connectivity index (χ1n) is 8.76. The van der Waals surface area contributed by atoms with Gasteiger partial charge in [0.15, 0.2) is 11.6 Å². The number of hydrogen-bond donors (Lipinski definition) is 1. The van der Waals surface area contributed by atoms with Gasteiger partial charge in [0.05, 0.1) is 19.3 Å². The highest BCUT2D eigenvalue weighted by molar-refractivity contribution is 5.85. The van der Waals surface area contributed by atoms with Crippen LogP contribution in [0.2, 0.25) is 0 Å². The normalized spacial score (nSPS) is 18.8. The quantitative estimate of drug-likeness (QED) is 0.679. The van der Waals surface area contributed by atoms with Crippen LogP contribution in [-0.2, 0) is 4.74 Å². The largest absolute Gasteiger partial charge is 0.497 e. The molecular weight excluding hydrogens is 401 g/mol. The van der Waals surface area contributed by atoms with Gasteiger partial charge in [0.25, 0.3) is 0 Å². The maximum atomic E-state index is 5.71. The number of hydrogen-bond acceptors (Lipinski definition) is 5. The molecule has 0 radical (unpaired) electrons. The molecule has 1 fully saturated rings. The topological polar surface area (TPSA) is 66.1 Å². The summed E-state index contributed by atoms with van der Waals surface area (Å²) in [6, 6.07) is 8.09. The highest BCUT2D eigenvalue weighted by Gasteiger charge is 2.29. The zero-order valence-corrected chi connectivity index (χ0v) is 17.4. The molecule has 0 saturated carbocycles. The minimum Gasteiger partial charge on any atom is -0.497 e. The summed E-state index contributed by atoms with van der Waals surface area (Å²) in [5.74, 6) is 2.47. The van der Waals surface area contributed by atoms with Gasteiger partial charge in [-0.15, -0.1) is 24.8 Å². The van der Waals surface area contributed by atoms with Gasteiger partial charge in [-0.1, -0.05) is 0 Å². The van der Waals surface area contributed by atoms with Crippen molar-refractivity contribution in [1.82, 2.24) is 24.4 Å². The second-order valence-corrected chi connectivity index (χ2v) is 6.31. The van der Waals surface area contributed by atoms with Crippen molar-refractivity contribution >= 4 is 24.8 Å². The number of imidazole rings is 2. The van der Waals surface area contributed by atoms with Crippen molar-refractivity contribution in [3.63, 3.8) is 0 Å². The van der Waals surface area contributed by atoms with E-state index in [0.29, 0.717) is 0 Å². The van der Waals surface area contributed by atoms with Crippen molar-refractivity contribution in [2.24, 2.45) is 0 Å². The van der Waals surface area contributed by atoms with Crippen LogP contribution < -0.4 is 10.1 Å². The summed E-state index contributed by atoms with van der Waals surface area (Å²) >= 11 is 0. The van der Waals surface area contributed by atoms with Crippen molar-refractivity contribution < 1.29 is 9.47 Å². The molecule has 2 atom stereocenters. The maximum Gasteiger partial charge on any atom is 0.181 e. The zero-order chi connectivity index (χ0) is 17.9. The van der Waals surface area contributed by atoms with E-state index in [1.165, 1.54) is 0 Å². The smallest absolute Gasteiger partial charge is 0.181 e. The molecule has 28 heavy (non-hydrogen) atoms. The molecule has 0 amide bonds. The van der Waals surface area contributed by atoms with Gasteiger partial charge in [0.2, 0.25) is 0 Å². The van der Waals surface area contributed by atoms with E-state index in [1.54, 1.807) is 20.4 Å². The molecule has 7 nitrogen and oxygen atoms in total. The summed E-state index contributed by atoms with van der Waals surface area (Å²) in [6.07, 6.45) is 8.71. The molecule has 1 aromatic carbocycles. The van der Waals surface area contributed by atoms with E-state index in [1.807, 2.05) is 47.4 Å². The standard InChI is InChI=1S/C19H23N5O2.2ClH/c1-25-15-5-3-14(4-6-15)23-11-9-21-18(23)19-22-10-12-24(19)16-13-20-8-7-17(16)26-2;;/h3-6,9-12,16-17,20H,7-8,13H2,1-2H3;2*1H/t16-,17+;;/m1../s1. The predicted octanol–water partition coefficient (Wildman–Crippen LogP) is 3.14. The van der Waals surface area contributed by atoms with Gasteiger partial charge in [0, 0.05) is 44.1 Å². The van der Waals surface area contributed by atoms with Crippen LogP contribution in [0.25, 0.3) is 17.3 Å². The van der Waals surface area contributed by atoms with E-state index < -0.39 is 0 Å². The van der Waals surface area contributed by atoms with Crippen molar-refractivity contribution in [3.8, 4) is 23.1 Å². The van der Waals surface area contributed by atoms with E-state index in [-0.39, 0.29) is 37.0 Å². The van der Waals surface area contributed by atoms with Crippen molar-refractivity contribution in [2.45, 2.75) is 18.6 Å². The predicted molar refractivity (Wildman–Crippen MR) is 113 cm³/mol. The number of halogens is 2. The van der Waals surface area contributed by atoms with Gasteiger partial charge >= 0.3 is 0 Å². The maximum absolute atomic E-state index is 5.71. The van der Waals surface area contributed by atoms with Crippen LogP contribution in [0, 0.1) is 0 Å². The lowest BCUT2D eigenvalue weighted by Gasteiger charge is -2.32. The average molecular weight is 426 g/mol. The van der Waals surface area contributed by atoms with Gasteiger partial charge in [0.1, 0.15) is 5.75 Å². The highest BCUT2D eigenvalue weighted by Crippen LogP contribution is 2.27. The molecule has 0 aliphatic carbocycles. The molecule has 4 rings (SSSR count). The number of rotatable bonds is 5. The molecule has 1 saturated heterocycles. The van der Waals surface area contributed by atoms with E-state index in [9.17, 15) is 0 Å². The molecule has 3 aromatic rings. The summed E-state index contributed by atoms with van der Waals surface area (Å²) in [5.41, 5.74) is 1.01. The second kappa shape index (κ2) is 9.93. The molecule has 0 spiro atoms. The zero-order valence-electron chi connectivity index (χ0n) is 15.8. The Hall–Kier alpha value is -2.06. The number of benzene rings is 1. The third-order valence-electron chi connectivity index (χ3n) is 4.91. The molecule has 1 aliphatic rings.